The van der Waals surface area contributed by atoms with Crippen LogP contribution in [-0.2, 0) is 32.4 Å². The lowest BCUT2D eigenvalue weighted by Crippen LogP contribution is -2.45. The van der Waals surface area contributed by atoms with Crippen molar-refractivity contribution in [3.05, 3.63) is 22.7 Å². The molecule has 2 saturated heterocycles. The highest BCUT2D eigenvalue weighted by Gasteiger charge is 2.60. The van der Waals surface area contributed by atoms with E-state index < -0.39 is 36.8 Å². The number of carbonyl (C=O) groups is 1. The topological polar surface area (TPSA) is 141 Å². The van der Waals surface area contributed by atoms with Crippen molar-refractivity contribution >= 4 is 31.2 Å². The lowest BCUT2D eigenvalue weighted by atomic mass is 10.0. The van der Waals surface area contributed by atoms with Crippen LogP contribution < -0.4 is 11.4 Å². The molecular formula is C19H27ClN3O8P. The third-order valence-corrected chi connectivity index (χ3v) is 7.65. The van der Waals surface area contributed by atoms with Crippen LogP contribution in [0.3, 0.4) is 0 Å². The summed E-state index contributed by atoms with van der Waals surface area (Å²) < 4.78 is 41.7. The SMILES string of the molecule is C[C@@]1(Cl)[C@@H]2O[P@@](=O)(OCCCC(=O)OC3CCCC3)OC[C@H]2O[C@H]1n1ccc(N)nc1=O. The number of hydrogen-bond acceptors (Lipinski definition) is 10. The van der Waals surface area contributed by atoms with Gasteiger partial charge >= 0.3 is 19.5 Å². The van der Waals surface area contributed by atoms with Crippen LogP contribution in [0.15, 0.2) is 17.1 Å². The fourth-order valence-corrected chi connectivity index (χ4v) is 6.07. The van der Waals surface area contributed by atoms with Gasteiger partial charge in [-0.1, -0.05) is 0 Å². The van der Waals surface area contributed by atoms with Crippen LogP contribution >= 0.6 is 19.4 Å². The highest BCUT2D eigenvalue weighted by atomic mass is 35.5. The van der Waals surface area contributed by atoms with Gasteiger partial charge in [0.05, 0.1) is 13.2 Å². The summed E-state index contributed by atoms with van der Waals surface area (Å²) in [4.78, 5) is 26.5. The van der Waals surface area contributed by atoms with E-state index in [0.717, 1.165) is 25.7 Å². The van der Waals surface area contributed by atoms with E-state index in [9.17, 15) is 14.2 Å². The number of fused-ring (bicyclic) bond motifs is 1. The zero-order valence-electron chi connectivity index (χ0n) is 17.7. The van der Waals surface area contributed by atoms with E-state index in [1.807, 2.05) is 0 Å². The predicted molar refractivity (Wildman–Crippen MR) is 113 cm³/mol. The zero-order valence-corrected chi connectivity index (χ0v) is 19.3. The molecule has 5 atom stereocenters. The summed E-state index contributed by atoms with van der Waals surface area (Å²) >= 11 is 6.70. The molecule has 0 unspecified atom stereocenters. The first-order chi connectivity index (χ1) is 15.2. The molecule has 3 fully saturated rings. The van der Waals surface area contributed by atoms with E-state index in [4.69, 9.17) is 40.4 Å². The Hall–Kier alpha value is -1.49. The predicted octanol–water partition coefficient (Wildman–Crippen LogP) is 2.53. The summed E-state index contributed by atoms with van der Waals surface area (Å²) in [6.45, 7) is 1.50. The number of rotatable bonds is 7. The first-order valence-electron chi connectivity index (χ1n) is 10.6. The molecule has 1 saturated carbocycles. The van der Waals surface area contributed by atoms with Gasteiger partial charge in [-0.25, -0.2) is 9.36 Å². The third-order valence-electron chi connectivity index (χ3n) is 5.80. The largest absolute Gasteiger partial charge is 0.475 e. The van der Waals surface area contributed by atoms with E-state index >= 15 is 0 Å². The Labute approximate surface area is 190 Å². The van der Waals surface area contributed by atoms with Crippen LogP contribution in [0, 0.1) is 0 Å². The van der Waals surface area contributed by atoms with E-state index in [2.05, 4.69) is 4.98 Å². The molecule has 0 aromatic carbocycles. The van der Waals surface area contributed by atoms with Gasteiger partial charge in [0.25, 0.3) is 0 Å². The number of hydrogen-bond donors (Lipinski definition) is 1. The van der Waals surface area contributed by atoms with Crippen LogP contribution in [-0.4, -0.2) is 51.9 Å². The molecule has 0 radical (unpaired) electrons. The fraction of sp³-hybridized carbons (Fsp3) is 0.737. The number of anilines is 1. The van der Waals surface area contributed by atoms with Crippen molar-refractivity contribution in [3.8, 4) is 0 Å². The molecule has 0 bridgehead atoms. The van der Waals surface area contributed by atoms with Crippen LogP contribution in [0.25, 0.3) is 0 Å². The third kappa shape index (κ3) is 5.03. The highest BCUT2D eigenvalue weighted by Crippen LogP contribution is 2.60. The summed E-state index contributed by atoms with van der Waals surface area (Å²) in [5.74, 6) is -0.227. The normalized spacial score (nSPS) is 35.0. The quantitative estimate of drug-likeness (QED) is 0.261. The minimum atomic E-state index is -3.93. The summed E-state index contributed by atoms with van der Waals surface area (Å²) in [6.07, 6.45) is 3.36. The van der Waals surface area contributed by atoms with Gasteiger partial charge < -0.3 is 15.2 Å². The molecule has 2 aliphatic heterocycles. The number of carbonyl (C=O) groups excluding carboxylic acids is 1. The molecule has 2 N–H and O–H groups in total. The lowest BCUT2D eigenvalue weighted by molar-refractivity contribution is -0.149. The molecule has 13 heteroatoms. The Morgan fingerprint density at radius 1 is 1.44 bits per heavy atom. The first-order valence-corrected chi connectivity index (χ1v) is 12.5. The molecule has 1 aromatic rings. The number of nitrogen functional groups attached to an aromatic ring is 1. The zero-order chi connectivity index (χ0) is 22.9. The number of alkyl halides is 1. The van der Waals surface area contributed by atoms with Crippen molar-refractivity contribution in [1.82, 2.24) is 9.55 Å². The van der Waals surface area contributed by atoms with Crippen LogP contribution in [0.2, 0.25) is 0 Å². The summed E-state index contributed by atoms with van der Waals surface area (Å²) in [7, 11) is -3.93. The molecule has 178 valence electrons. The number of nitrogens with zero attached hydrogens (tertiary/aromatic N) is 2. The minimum absolute atomic E-state index is 0.00388. The summed E-state index contributed by atoms with van der Waals surface area (Å²) in [6, 6.07) is 1.45. The molecular weight excluding hydrogens is 465 g/mol. The Morgan fingerprint density at radius 2 is 2.19 bits per heavy atom. The Kier molecular flexibility index (Phi) is 6.95. The van der Waals surface area contributed by atoms with Gasteiger partial charge in [-0.15, -0.1) is 11.6 Å². The Balaban J connectivity index is 1.32. The van der Waals surface area contributed by atoms with Crippen molar-refractivity contribution < 1.29 is 32.4 Å². The van der Waals surface area contributed by atoms with Crippen LogP contribution in [0.5, 0.6) is 0 Å². The monoisotopic (exact) mass is 491 g/mol. The van der Waals surface area contributed by atoms with E-state index in [1.165, 1.54) is 16.8 Å². The molecule has 1 aliphatic carbocycles. The summed E-state index contributed by atoms with van der Waals surface area (Å²) in [5, 5.41) is 0. The second-order valence-corrected chi connectivity index (χ2v) is 10.8. The van der Waals surface area contributed by atoms with Gasteiger partial charge in [0.2, 0.25) is 0 Å². The molecule has 32 heavy (non-hydrogen) atoms. The molecule has 11 nitrogen and oxygen atoms in total. The molecule has 3 heterocycles. The maximum atomic E-state index is 12.9. The number of phosphoric ester groups is 1. The highest BCUT2D eigenvalue weighted by molar-refractivity contribution is 7.48. The van der Waals surface area contributed by atoms with Crippen LogP contribution in [0.1, 0.15) is 51.7 Å². The van der Waals surface area contributed by atoms with Gasteiger partial charge in [-0.2, -0.15) is 4.98 Å². The van der Waals surface area contributed by atoms with Gasteiger partial charge in [0, 0.05) is 12.6 Å². The average Bonchev–Trinajstić information content (AvgIpc) is 3.32. The number of aromatic nitrogens is 2. The van der Waals surface area contributed by atoms with E-state index in [1.54, 1.807) is 6.92 Å². The standard InChI is InChI=1S/C19H27ClN3O8P/c1-19(20)16-13(30-17(19)23-9-8-14(21)22-18(23)25)11-28-32(26,31-16)27-10-4-7-15(24)29-12-5-2-3-6-12/h8-9,12-13,16-17H,2-7,10-11H2,1H3,(H2,21,22,25)/t13-,16-,17-,19-,32+/m1/s1. The van der Waals surface area contributed by atoms with E-state index in [-0.39, 0.29) is 37.5 Å². The molecule has 1 aromatic heterocycles. The number of esters is 1. The molecule has 4 rings (SSSR count). The summed E-state index contributed by atoms with van der Waals surface area (Å²) in [5.41, 5.74) is 4.90. The minimum Gasteiger partial charge on any atom is -0.462 e. The van der Waals surface area contributed by atoms with Gasteiger partial charge in [0.1, 0.15) is 29.0 Å². The second-order valence-electron chi connectivity index (χ2n) is 8.32. The maximum absolute atomic E-state index is 12.9. The fourth-order valence-electron chi connectivity index (χ4n) is 4.16. The number of ether oxygens (including phenoxy) is 2. The molecule has 0 spiro atoms. The smallest absolute Gasteiger partial charge is 0.462 e. The van der Waals surface area contributed by atoms with Crippen molar-refractivity contribution in [2.75, 3.05) is 18.9 Å². The van der Waals surface area contributed by atoms with Crippen molar-refractivity contribution in [2.45, 2.75) is 74.9 Å². The second kappa shape index (κ2) is 9.40. The molecule has 3 aliphatic rings. The van der Waals surface area contributed by atoms with Crippen molar-refractivity contribution in [3.63, 3.8) is 0 Å². The first kappa shape index (κ1) is 23.7. The van der Waals surface area contributed by atoms with Gasteiger partial charge in [0.15, 0.2) is 6.23 Å². The van der Waals surface area contributed by atoms with Gasteiger partial charge in [-0.05, 0) is 45.1 Å². The van der Waals surface area contributed by atoms with Gasteiger partial charge in [-0.3, -0.25) is 22.9 Å². The van der Waals surface area contributed by atoms with Crippen molar-refractivity contribution in [1.29, 1.82) is 0 Å². The number of halogens is 1. The van der Waals surface area contributed by atoms with Crippen molar-refractivity contribution in [2.24, 2.45) is 0 Å². The average molecular weight is 492 g/mol. The lowest BCUT2D eigenvalue weighted by Gasteiger charge is -2.34. The van der Waals surface area contributed by atoms with E-state index in [0.29, 0.717) is 6.42 Å². The molecule has 0 amide bonds. The number of nitrogens with two attached hydrogens (primary N) is 1. The Morgan fingerprint density at radius 3 is 2.91 bits per heavy atom. The Bertz CT molecular complexity index is 951. The maximum Gasteiger partial charge on any atom is 0.475 e. The van der Waals surface area contributed by atoms with Crippen LogP contribution in [0.4, 0.5) is 5.82 Å². The number of phosphoric acid groups is 1.